The molecule has 1 N–H and O–H groups in total. The average molecular weight is 440 g/mol. The number of ether oxygens (including phenoxy) is 1. The summed E-state index contributed by atoms with van der Waals surface area (Å²) < 4.78 is 12.8. The van der Waals surface area contributed by atoms with Crippen molar-refractivity contribution in [2.45, 2.75) is 26.4 Å². The second kappa shape index (κ2) is 9.40. The number of carbonyl (C=O) groups excluding carboxylic acids is 1. The molecule has 1 aliphatic heterocycles. The van der Waals surface area contributed by atoms with E-state index in [1.54, 1.807) is 17.9 Å². The van der Waals surface area contributed by atoms with Crippen molar-refractivity contribution in [2.24, 2.45) is 5.92 Å². The van der Waals surface area contributed by atoms with E-state index in [4.69, 9.17) is 21.4 Å². The molecular formula is C22H25N5O3S. The van der Waals surface area contributed by atoms with Crippen LogP contribution in [0.2, 0.25) is 0 Å². The van der Waals surface area contributed by atoms with Gasteiger partial charge in [-0.2, -0.15) is 0 Å². The van der Waals surface area contributed by atoms with Crippen molar-refractivity contribution < 1.29 is 13.9 Å². The SMILES string of the molecule is COc1ccccc1-c1nn(CN2CCCC(C(=O)Nc3cccc(C)n3)C2)c(=S)o1. The Morgan fingerprint density at radius 3 is 2.94 bits per heavy atom. The highest BCUT2D eigenvalue weighted by molar-refractivity contribution is 7.71. The number of para-hydroxylation sites is 1. The first-order chi connectivity index (χ1) is 15.0. The topological polar surface area (TPSA) is 85.4 Å². The number of aromatic nitrogens is 3. The van der Waals surface area contributed by atoms with Gasteiger partial charge < -0.3 is 14.5 Å². The van der Waals surface area contributed by atoms with Crippen molar-refractivity contribution in [2.75, 3.05) is 25.5 Å². The number of methoxy groups -OCH3 is 1. The molecular weight excluding hydrogens is 414 g/mol. The zero-order valence-corrected chi connectivity index (χ0v) is 18.4. The summed E-state index contributed by atoms with van der Waals surface area (Å²) in [5.74, 6) is 1.54. The molecule has 1 unspecified atom stereocenters. The van der Waals surface area contributed by atoms with Crippen molar-refractivity contribution in [1.29, 1.82) is 0 Å². The highest BCUT2D eigenvalue weighted by atomic mass is 32.1. The summed E-state index contributed by atoms with van der Waals surface area (Å²) in [6.07, 6.45) is 1.76. The van der Waals surface area contributed by atoms with Gasteiger partial charge in [-0.1, -0.05) is 18.2 Å². The molecule has 162 valence electrons. The van der Waals surface area contributed by atoms with Crippen LogP contribution in [-0.2, 0) is 11.5 Å². The highest BCUT2D eigenvalue weighted by Crippen LogP contribution is 2.28. The van der Waals surface area contributed by atoms with Gasteiger partial charge in [-0.3, -0.25) is 9.69 Å². The summed E-state index contributed by atoms with van der Waals surface area (Å²) in [4.78, 5) is 19.6. The molecule has 1 atom stereocenters. The van der Waals surface area contributed by atoms with E-state index < -0.39 is 0 Å². The number of nitrogens with zero attached hydrogens (tertiary/aromatic N) is 4. The minimum Gasteiger partial charge on any atom is -0.496 e. The molecule has 0 bridgehead atoms. The van der Waals surface area contributed by atoms with Gasteiger partial charge in [0.05, 0.1) is 25.3 Å². The van der Waals surface area contributed by atoms with Crippen LogP contribution in [0.5, 0.6) is 5.75 Å². The number of benzene rings is 1. The smallest absolute Gasteiger partial charge is 0.288 e. The van der Waals surface area contributed by atoms with Crippen LogP contribution in [0.15, 0.2) is 46.9 Å². The van der Waals surface area contributed by atoms with Crippen LogP contribution >= 0.6 is 12.2 Å². The number of amides is 1. The van der Waals surface area contributed by atoms with Gasteiger partial charge >= 0.3 is 0 Å². The minimum atomic E-state index is -0.120. The van der Waals surface area contributed by atoms with E-state index in [1.807, 2.05) is 43.3 Å². The van der Waals surface area contributed by atoms with Gasteiger partial charge in [0.25, 0.3) is 10.7 Å². The van der Waals surface area contributed by atoms with E-state index in [1.165, 1.54) is 0 Å². The maximum atomic E-state index is 12.8. The molecule has 1 amide bonds. The molecule has 1 saturated heterocycles. The highest BCUT2D eigenvalue weighted by Gasteiger charge is 2.27. The van der Waals surface area contributed by atoms with Gasteiger partial charge in [0.2, 0.25) is 5.91 Å². The number of hydrogen-bond donors (Lipinski definition) is 1. The lowest BCUT2D eigenvalue weighted by Gasteiger charge is -2.31. The average Bonchev–Trinajstić information content (AvgIpc) is 3.14. The van der Waals surface area contributed by atoms with Crippen LogP contribution in [-0.4, -0.2) is 45.8 Å². The summed E-state index contributed by atoms with van der Waals surface area (Å²) >= 11 is 5.38. The minimum absolute atomic E-state index is 0.0127. The standard InChI is InChI=1S/C22H25N5O3S/c1-15-7-5-11-19(23-15)24-20(28)16-8-6-12-26(13-16)14-27-22(31)30-21(25-27)17-9-3-4-10-18(17)29-2/h3-5,7,9-11,16H,6,8,12-14H2,1-2H3,(H,23,24,28). The van der Waals surface area contributed by atoms with Gasteiger partial charge in [-0.25, -0.2) is 9.67 Å². The Morgan fingerprint density at radius 2 is 2.13 bits per heavy atom. The number of aryl methyl sites for hydroxylation is 1. The van der Waals surface area contributed by atoms with E-state index in [0.717, 1.165) is 30.6 Å². The molecule has 0 saturated carbocycles. The van der Waals surface area contributed by atoms with Crippen molar-refractivity contribution in [3.63, 3.8) is 0 Å². The van der Waals surface area contributed by atoms with Gasteiger partial charge in [-0.05, 0) is 62.8 Å². The van der Waals surface area contributed by atoms with Crippen LogP contribution in [0, 0.1) is 17.7 Å². The van der Waals surface area contributed by atoms with E-state index in [-0.39, 0.29) is 16.7 Å². The Morgan fingerprint density at radius 1 is 1.29 bits per heavy atom. The molecule has 31 heavy (non-hydrogen) atoms. The van der Waals surface area contributed by atoms with Crippen LogP contribution in [0.25, 0.3) is 11.5 Å². The fourth-order valence-electron chi connectivity index (χ4n) is 3.75. The maximum absolute atomic E-state index is 12.8. The number of nitrogens with one attached hydrogen (secondary N) is 1. The molecule has 1 aromatic carbocycles. The fourth-order valence-corrected chi connectivity index (χ4v) is 3.93. The van der Waals surface area contributed by atoms with Gasteiger partial charge in [0, 0.05) is 12.2 Å². The summed E-state index contributed by atoms with van der Waals surface area (Å²) in [7, 11) is 1.61. The number of pyridine rings is 1. The maximum Gasteiger partial charge on any atom is 0.288 e. The number of hydrogen-bond acceptors (Lipinski definition) is 7. The second-order valence-corrected chi connectivity index (χ2v) is 7.93. The lowest BCUT2D eigenvalue weighted by Crippen LogP contribution is -2.41. The summed E-state index contributed by atoms with van der Waals surface area (Å²) in [5, 5.41) is 7.48. The third-order valence-corrected chi connectivity index (χ3v) is 5.59. The first-order valence-electron chi connectivity index (χ1n) is 10.2. The van der Waals surface area contributed by atoms with Gasteiger partial charge in [0.1, 0.15) is 11.6 Å². The Bertz CT molecular complexity index is 1130. The van der Waals surface area contributed by atoms with Crippen molar-refractivity contribution in [3.05, 3.63) is 53.0 Å². The molecule has 0 aliphatic carbocycles. The lowest BCUT2D eigenvalue weighted by atomic mass is 9.97. The van der Waals surface area contributed by atoms with Gasteiger partial charge in [0.15, 0.2) is 0 Å². The van der Waals surface area contributed by atoms with Gasteiger partial charge in [-0.15, -0.1) is 5.10 Å². The summed E-state index contributed by atoms with van der Waals surface area (Å²) in [6, 6.07) is 13.1. The normalized spacial score (nSPS) is 16.8. The Hall–Kier alpha value is -3.04. The van der Waals surface area contributed by atoms with E-state index in [9.17, 15) is 4.79 Å². The monoisotopic (exact) mass is 439 g/mol. The molecule has 1 aliphatic rings. The summed E-state index contributed by atoms with van der Waals surface area (Å²) in [6.45, 7) is 3.85. The molecule has 3 heterocycles. The van der Waals surface area contributed by atoms with E-state index >= 15 is 0 Å². The van der Waals surface area contributed by atoms with Crippen molar-refractivity contribution >= 4 is 23.9 Å². The molecule has 2 aromatic heterocycles. The zero-order chi connectivity index (χ0) is 21.8. The molecule has 9 heteroatoms. The predicted molar refractivity (Wildman–Crippen MR) is 119 cm³/mol. The third-order valence-electron chi connectivity index (χ3n) is 5.29. The fraction of sp³-hybridized carbons (Fsp3) is 0.364. The van der Waals surface area contributed by atoms with E-state index in [2.05, 4.69) is 20.3 Å². The number of anilines is 1. The molecule has 8 nitrogen and oxygen atoms in total. The second-order valence-electron chi connectivity index (χ2n) is 7.58. The number of rotatable bonds is 6. The van der Waals surface area contributed by atoms with Crippen molar-refractivity contribution in [1.82, 2.24) is 19.7 Å². The Labute approximate surface area is 185 Å². The molecule has 0 radical (unpaired) electrons. The molecule has 0 spiro atoms. The first-order valence-corrected chi connectivity index (χ1v) is 10.6. The lowest BCUT2D eigenvalue weighted by molar-refractivity contribution is -0.121. The number of likely N-dealkylation sites (tertiary alicyclic amines) is 1. The Kier molecular flexibility index (Phi) is 6.43. The number of piperidine rings is 1. The summed E-state index contributed by atoms with van der Waals surface area (Å²) in [5.41, 5.74) is 1.62. The van der Waals surface area contributed by atoms with Crippen LogP contribution in [0.4, 0.5) is 5.82 Å². The number of carbonyl (C=O) groups is 1. The zero-order valence-electron chi connectivity index (χ0n) is 17.6. The van der Waals surface area contributed by atoms with Crippen molar-refractivity contribution in [3.8, 4) is 17.2 Å². The Balaban J connectivity index is 1.43. The molecule has 4 rings (SSSR count). The quantitative estimate of drug-likeness (QED) is 0.583. The molecule has 3 aromatic rings. The van der Waals surface area contributed by atoms with Crippen LogP contribution < -0.4 is 10.1 Å². The third kappa shape index (κ3) is 5.00. The first kappa shape index (κ1) is 21.2. The van der Waals surface area contributed by atoms with Crippen LogP contribution in [0.1, 0.15) is 18.5 Å². The van der Waals surface area contributed by atoms with Crippen LogP contribution in [0.3, 0.4) is 0 Å². The molecule has 1 fully saturated rings. The largest absolute Gasteiger partial charge is 0.496 e. The van der Waals surface area contributed by atoms with E-state index in [0.29, 0.717) is 30.7 Å². The predicted octanol–water partition coefficient (Wildman–Crippen LogP) is 3.89.